The van der Waals surface area contributed by atoms with Crippen LogP contribution in [0.25, 0.3) is 0 Å². The van der Waals surface area contributed by atoms with E-state index >= 15 is 0 Å². The summed E-state index contributed by atoms with van der Waals surface area (Å²) in [5.41, 5.74) is 0. The van der Waals surface area contributed by atoms with Gasteiger partial charge in [-0.1, -0.05) is 48.0 Å². The van der Waals surface area contributed by atoms with Gasteiger partial charge in [0, 0.05) is 12.8 Å². The van der Waals surface area contributed by atoms with Crippen molar-refractivity contribution in [3.8, 4) is 0 Å². The average Bonchev–Trinajstić information content (AvgIpc) is 2.36. The van der Waals surface area contributed by atoms with Gasteiger partial charge in [0.05, 0.1) is 5.92 Å². The summed E-state index contributed by atoms with van der Waals surface area (Å²) in [5, 5.41) is 24.5. The van der Waals surface area contributed by atoms with E-state index < -0.39 is 17.9 Å². The Morgan fingerprint density at radius 2 is 1.18 bits per heavy atom. The highest BCUT2D eigenvalue weighted by molar-refractivity contribution is 5.69. The Morgan fingerprint density at radius 3 is 1.23 bits per heavy atom. The van der Waals surface area contributed by atoms with Crippen LogP contribution < -0.4 is 0 Å². The number of rotatable bonds is 7. The van der Waals surface area contributed by atoms with Crippen molar-refractivity contribution in [2.24, 2.45) is 17.8 Å². The van der Waals surface area contributed by atoms with Gasteiger partial charge in [0.2, 0.25) is 0 Å². The van der Waals surface area contributed by atoms with Crippen molar-refractivity contribution in [3.63, 3.8) is 0 Å². The van der Waals surface area contributed by atoms with Gasteiger partial charge in [0.25, 0.3) is 0 Å². The van der Waals surface area contributed by atoms with Crippen molar-refractivity contribution < 1.29 is 29.7 Å². The molecule has 0 aliphatic heterocycles. The average molecular weight is 320 g/mol. The predicted molar refractivity (Wildman–Crippen MR) is 85.9 cm³/mol. The molecule has 0 aromatic rings. The maximum absolute atomic E-state index is 9.97. The third-order valence-electron chi connectivity index (χ3n) is 2.84. The first-order valence-corrected chi connectivity index (χ1v) is 7.64. The molecule has 6 nitrogen and oxygen atoms in total. The van der Waals surface area contributed by atoms with Gasteiger partial charge in [-0.05, 0) is 18.3 Å². The van der Waals surface area contributed by atoms with E-state index in [1.807, 2.05) is 34.6 Å². The second-order valence-electron chi connectivity index (χ2n) is 5.75. The molecule has 6 heteroatoms. The summed E-state index contributed by atoms with van der Waals surface area (Å²) < 4.78 is 0. The molecule has 0 aromatic carbocycles. The van der Waals surface area contributed by atoms with Gasteiger partial charge < -0.3 is 15.3 Å². The third-order valence-corrected chi connectivity index (χ3v) is 2.84. The first-order valence-electron chi connectivity index (χ1n) is 7.64. The lowest BCUT2D eigenvalue weighted by molar-refractivity contribution is -0.141. The Bertz CT molecular complexity index is 312. The summed E-state index contributed by atoms with van der Waals surface area (Å²) in [4.78, 5) is 29.7. The summed E-state index contributed by atoms with van der Waals surface area (Å²) in [6, 6.07) is 0. The topological polar surface area (TPSA) is 112 Å². The Kier molecular flexibility index (Phi) is 18.2. The van der Waals surface area contributed by atoms with E-state index in [1.54, 1.807) is 6.92 Å². The highest BCUT2D eigenvalue weighted by Crippen LogP contribution is 2.04. The molecule has 2 unspecified atom stereocenters. The molecular weight excluding hydrogens is 288 g/mol. The van der Waals surface area contributed by atoms with Crippen LogP contribution in [0.4, 0.5) is 0 Å². The van der Waals surface area contributed by atoms with Crippen LogP contribution in [-0.2, 0) is 14.4 Å². The van der Waals surface area contributed by atoms with Crippen LogP contribution in [0.2, 0.25) is 0 Å². The minimum absolute atomic E-state index is 0.181. The van der Waals surface area contributed by atoms with Crippen LogP contribution >= 0.6 is 0 Å². The second-order valence-corrected chi connectivity index (χ2v) is 5.75. The van der Waals surface area contributed by atoms with Crippen molar-refractivity contribution >= 4 is 17.9 Å². The molecule has 132 valence electrons. The van der Waals surface area contributed by atoms with Crippen LogP contribution in [0.3, 0.4) is 0 Å². The Hall–Kier alpha value is -1.59. The predicted octanol–water partition coefficient (Wildman–Crippen LogP) is 3.74. The molecule has 0 fully saturated rings. The molecule has 0 spiro atoms. The molecule has 22 heavy (non-hydrogen) atoms. The normalized spacial score (nSPS) is 12.1. The lowest BCUT2D eigenvalue weighted by atomic mass is 10.1. The Balaban J connectivity index is -0.000000247. The largest absolute Gasteiger partial charge is 0.481 e. The third kappa shape index (κ3) is 26.9. The van der Waals surface area contributed by atoms with Gasteiger partial charge in [-0.25, -0.2) is 0 Å². The van der Waals surface area contributed by atoms with Gasteiger partial charge in [0.1, 0.15) is 0 Å². The highest BCUT2D eigenvalue weighted by Gasteiger charge is 2.05. The summed E-state index contributed by atoms with van der Waals surface area (Å²) in [6.45, 7) is 11.3. The van der Waals surface area contributed by atoms with Crippen molar-refractivity contribution in [1.82, 2.24) is 0 Å². The molecule has 0 saturated carbocycles. The lowest BCUT2D eigenvalue weighted by Gasteiger charge is -2.00. The zero-order valence-corrected chi connectivity index (χ0v) is 14.6. The summed E-state index contributed by atoms with van der Waals surface area (Å²) in [5.74, 6) is -1.69. The molecule has 0 aliphatic rings. The van der Waals surface area contributed by atoms with E-state index in [1.165, 1.54) is 0 Å². The van der Waals surface area contributed by atoms with E-state index in [0.717, 1.165) is 12.8 Å². The number of carboxylic acids is 3. The minimum Gasteiger partial charge on any atom is -0.481 e. The number of aliphatic carboxylic acids is 3. The molecule has 0 heterocycles. The van der Waals surface area contributed by atoms with Crippen molar-refractivity contribution in [3.05, 3.63) is 0 Å². The van der Waals surface area contributed by atoms with Crippen LogP contribution in [0.1, 0.15) is 67.2 Å². The van der Waals surface area contributed by atoms with E-state index in [-0.39, 0.29) is 18.3 Å². The van der Waals surface area contributed by atoms with Crippen molar-refractivity contribution in [2.75, 3.05) is 0 Å². The van der Waals surface area contributed by atoms with Gasteiger partial charge in [-0.3, -0.25) is 14.4 Å². The molecule has 0 aromatic heterocycles. The Labute approximate surface area is 133 Å². The monoisotopic (exact) mass is 320 g/mol. The molecule has 0 aliphatic carbocycles. The molecule has 0 bridgehead atoms. The molecule has 0 rings (SSSR count). The molecular formula is C16H32O6. The van der Waals surface area contributed by atoms with E-state index in [9.17, 15) is 14.4 Å². The fourth-order valence-corrected chi connectivity index (χ4v) is 0.966. The van der Waals surface area contributed by atoms with Gasteiger partial charge >= 0.3 is 17.9 Å². The lowest BCUT2D eigenvalue weighted by Crippen LogP contribution is -2.06. The quantitative estimate of drug-likeness (QED) is 0.658. The fraction of sp³-hybridized carbons (Fsp3) is 0.812. The minimum atomic E-state index is -0.713. The molecule has 0 saturated heterocycles. The standard InChI is InChI=1S/C6H12O2.2C5H10O2/c1-3-5(2)4-6(7)8;1-4(2)3-5(6)7;1-3-4(2)5(6)7/h5H,3-4H2,1-2H3,(H,7,8);2*4H,3H2,1-2H3,(H,6,7). The first-order chi connectivity index (χ1) is 9.97. The number of carboxylic acid groups (broad SMARTS) is 3. The smallest absolute Gasteiger partial charge is 0.306 e. The molecule has 0 amide bonds. The van der Waals surface area contributed by atoms with E-state index in [4.69, 9.17) is 15.3 Å². The molecule has 0 radical (unpaired) electrons. The number of hydrogen-bond acceptors (Lipinski definition) is 3. The second kappa shape index (κ2) is 15.8. The zero-order chi connectivity index (χ0) is 18.3. The summed E-state index contributed by atoms with van der Waals surface area (Å²) >= 11 is 0. The van der Waals surface area contributed by atoms with Gasteiger partial charge in [-0.2, -0.15) is 0 Å². The molecule has 2 atom stereocenters. The SMILES string of the molecule is CC(C)CC(=O)O.CCC(C)C(=O)O.CCC(C)CC(=O)O. The van der Waals surface area contributed by atoms with Crippen LogP contribution in [0.15, 0.2) is 0 Å². The van der Waals surface area contributed by atoms with E-state index in [0.29, 0.717) is 12.3 Å². The van der Waals surface area contributed by atoms with Gasteiger partial charge in [0.15, 0.2) is 0 Å². The zero-order valence-electron chi connectivity index (χ0n) is 14.6. The van der Waals surface area contributed by atoms with Crippen LogP contribution in [0, 0.1) is 17.8 Å². The number of carbonyl (C=O) groups is 3. The van der Waals surface area contributed by atoms with Crippen LogP contribution in [0.5, 0.6) is 0 Å². The van der Waals surface area contributed by atoms with Gasteiger partial charge in [-0.15, -0.1) is 0 Å². The highest BCUT2D eigenvalue weighted by atomic mass is 16.4. The first kappa shape index (κ1) is 25.4. The van der Waals surface area contributed by atoms with Crippen molar-refractivity contribution in [2.45, 2.75) is 67.2 Å². The van der Waals surface area contributed by atoms with E-state index in [2.05, 4.69) is 0 Å². The Morgan fingerprint density at radius 1 is 0.773 bits per heavy atom. The van der Waals surface area contributed by atoms with Crippen LogP contribution in [-0.4, -0.2) is 33.2 Å². The summed E-state index contributed by atoms with van der Waals surface area (Å²) in [7, 11) is 0. The summed E-state index contributed by atoms with van der Waals surface area (Å²) in [6.07, 6.45) is 2.25. The maximum Gasteiger partial charge on any atom is 0.306 e. The molecule has 3 N–H and O–H groups in total. The fourth-order valence-electron chi connectivity index (χ4n) is 0.966. The van der Waals surface area contributed by atoms with Crippen molar-refractivity contribution in [1.29, 1.82) is 0 Å². The maximum atomic E-state index is 9.97. The number of hydrogen-bond donors (Lipinski definition) is 3.